The van der Waals surface area contributed by atoms with Gasteiger partial charge in [0.05, 0.1) is 11.7 Å². The first kappa shape index (κ1) is 13.3. The smallest absolute Gasteiger partial charge is 0.0706 e. The number of piperidine rings is 1. The molecule has 0 aliphatic carbocycles. The minimum Gasteiger partial charge on any atom is -0.312 e. The summed E-state index contributed by atoms with van der Waals surface area (Å²) in [5, 5.41) is 8.06. The lowest BCUT2D eigenvalue weighted by Crippen LogP contribution is -2.42. The molecule has 0 amide bonds. The summed E-state index contributed by atoms with van der Waals surface area (Å²) in [7, 11) is 2.31. The van der Waals surface area contributed by atoms with Crippen molar-refractivity contribution in [3.63, 3.8) is 0 Å². The summed E-state index contributed by atoms with van der Waals surface area (Å²) in [6.45, 7) is 2.07. The molecular formula is C17H24N4. The predicted octanol–water partition coefficient (Wildman–Crippen LogP) is 2.30. The molecule has 1 N–H and O–H groups in total. The summed E-state index contributed by atoms with van der Waals surface area (Å²) in [6.07, 6.45) is 9.55. The van der Waals surface area contributed by atoms with Crippen LogP contribution in [0.15, 0.2) is 30.6 Å². The average Bonchev–Trinajstić information content (AvgIpc) is 2.97. The van der Waals surface area contributed by atoms with E-state index in [9.17, 15) is 0 Å². The van der Waals surface area contributed by atoms with E-state index in [0.29, 0.717) is 0 Å². The summed E-state index contributed by atoms with van der Waals surface area (Å²) in [6, 6.07) is 7.92. The fraction of sp³-hybridized carbons (Fsp3) is 0.588. The van der Waals surface area contributed by atoms with Crippen LogP contribution in [0.3, 0.4) is 0 Å². The van der Waals surface area contributed by atoms with Crippen molar-refractivity contribution >= 4 is 5.52 Å². The quantitative estimate of drug-likeness (QED) is 0.935. The van der Waals surface area contributed by atoms with E-state index in [1.807, 2.05) is 23.0 Å². The maximum atomic E-state index is 4.40. The zero-order valence-electron chi connectivity index (χ0n) is 12.7. The third-order valence-electron chi connectivity index (χ3n) is 5.45. The molecule has 2 aromatic heterocycles. The lowest BCUT2D eigenvalue weighted by molar-refractivity contribution is 0.133. The van der Waals surface area contributed by atoms with Crippen LogP contribution in [0.4, 0.5) is 0 Å². The lowest BCUT2D eigenvalue weighted by atomic mass is 9.91. The van der Waals surface area contributed by atoms with Gasteiger partial charge in [-0.3, -0.25) is 0 Å². The van der Waals surface area contributed by atoms with Gasteiger partial charge >= 0.3 is 0 Å². The Bertz CT molecular complexity index is 606. The van der Waals surface area contributed by atoms with E-state index in [2.05, 4.69) is 34.5 Å². The number of rotatable bonds is 4. The molecule has 2 atom stereocenters. The molecule has 0 aromatic carbocycles. The summed E-state index contributed by atoms with van der Waals surface area (Å²) in [4.78, 5) is 2.61. The zero-order valence-corrected chi connectivity index (χ0v) is 12.7. The number of hydrogen-bond donors (Lipinski definition) is 1. The second kappa shape index (κ2) is 5.43. The van der Waals surface area contributed by atoms with Gasteiger partial charge in [-0.15, -0.1) is 0 Å². The van der Waals surface area contributed by atoms with Crippen molar-refractivity contribution in [1.82, 2.24) is 19.8 Å². The van der Waals surface area contributed by atoms with Crippen LogP contribution < -0.4 is 5.32 Å². The van der Waals surface area contributed by atoms with Gasteiger partial charge in [-0.25, -0.2) is 4.52 Å². The Morgan fingerprint density at radius 2 is 2.05 bits per heavy atom. The molecule has 2 fully saturated rings. The molecule has 112 valence electrons. The molecule has 21 heavy (non-hydrogen) atoms. The van der Waals surface area contributed by atoms with E-state index in [0.717, 1.165) is 31.1 Å². The van der Waals surface area contributed by atoms with E-state index in [4.69, 9.17) is 0 Å². The number of pyridine rings is 1. The summed E-state index contributed by atoms with van der Waals surface area (Å²) >= 11 is 0. The fourth-order valence-corrected chi connectivity index (χ4v) is 4.23. The molecule has 4 heterocycles. The monoisotopic (exact) mass is 284 g/mol. The highest BCUT2D eigenvalue weighted by atomic mass is 15.2. The molecule has 2 saturated heterocycles. The van der Waals surface area contributed by atoms with Crippen LogP contribution in [0.25, 0.3) is 5.52 Å². The number of nitrogens with one attached hydrogen (secondary N) is 1. The highest BCUT2D eigenvalue weighted by Crippen LogP contribution is 2.37. The molecule has 4 nitrogen and oxygen atoms in total. The summed E-state index contributed by atoms with van der Waals surface area (Å²) in [5.41, 5.74) is 2.51. The molecule has 2 bridgehead atoms. The molecular weight excluding hydrogens is 260 g/mol. The molecule has 2 aliphatic rings. The minimum absolute atomic E-state index is 0.840. The van der Waals surface area contributed by atoms with Crippen LogP contribution in [0.5, 0.6) is 0 Å². The molecule has 0 radical (unpaired) electrons. The third-order valence-corrected chi connectivity index (χ3v) is 5.45. The van der Waals surface area contributed by atoms with Crippen molar-refractivity contribution in [2.45, 2.75) is 44.3 Å². The Hall–Kier alpha value is -1.39. The van der Waals surface area contributed by atoms with Gasteiger partial charge in [-0.1, -0.05) is 6.07 Å². The van der Waals surface area contributed by atoms with Crippen molar-refractivity contribution < 1.29 is 0 Å². The van der Waals surface area contributed by atoms with E-state index in [1.165, 1.54) is 36.8 Å². The number of nitrogens with zero attached hydrogens (tertiary/aromatic N) is 3. The lowest BCUT2D eigenvalue weighted by Gasteiger charge is -2.36. The van der Waals surface area contributed by atoms with Gasteiger partial charge in [0.15, 0.2) is 0 Å². The van der Waals surface area contributed by atoms with Crippen molar-refractivity contribution in [1.29, 1.82) is 0 Å². The van der Waals surface area contributed by atoms with E-state index >= 15 is 0 Å². The van der Waals surface area contributed by atoms with Crippen molar-refractivity contribution in [3.05, 3.63) is 36.2 Å². The van der Waals surface area contributed by atoms with Crippen molar-refractivity contribution in [2.24, 2.45) is 5.92 Å². The molecule has 0 spiro atoms. The molecule has 4 heteroatoms. The van der Waals surface area contributed by atoms with Crippen molar-refractivity contribution in [3.8, 4) is 0 Å². The Kier molecular flexibility index (Phi) is 3.43. The zero-order chi connectivity index (χ0) is 14.2. The SMILES string of the molecule is CN1C2CCC1CC(CNCc1cnn3ccccc13)C2. The first-order chi connectivity index (χ1) is 10.3. The second-order valence-corrected chi connectivity index (χ2v) is 6.72. The molecule has 2 aromatic rings. The van der Waals surface area contributed by atoms with Gasteiger partial charge in [0.2, 0.25) is 0 Å². The van der Waals surface area contributed by atoms with E-state index < -0.39 is 0 Å². The second-order valence-electron chi connectivity index (χ2n) is 6.72. The van der Waals surface area contributed by atoms with Crippen LogP contribution in [-0.4, -0.2) is 40.2 Å². The van der Waals surface area contributed by atoms with Gasteiger partial charge in [0.25, 0.3) is 0 Å². The highest BCUT2D eigenvalue weighted by Gasteiger charge is 2.37. The molecule has 4 rings (SSSR count). The third kappa shape index (κ3) is 2.47. The Morgan fingerprint density at radius 3 is 2.86 bits per heavy atom. The summed E-state index contributed by atoms with van der Waals surface area (Å²) < 4.78 is 1.95. The number of fused-ring (bicyclic) bond motifs is 3. The van der Waals surface area contributed by atoms with E-state index in [1.54, 1.807) is 0 Å². The maximum Gasteiger partial charge on any atom is 0.0706 e. The standard InChI is InChI=1S/C17H24N4/c1-20-15-5-6-16(20)9-13(8-15)10-18-11-14-12-19-21-7-3-2-4-17(14)21/h2-4,7,12-13,15-16,18H,5-6,8-11H2,1H3. The van der Waals surface area contributed by atoms with Gasteiger partial charge in [0, 0.05) is 30.4 Å². The van der Waals surface area contributed by atoms with Crippen molar-refractivity contribution in [2.75, 3.05) is 13.6 Å². The largest absolute Gasteiger partial charge is 0.312 e. The normalized spacial score (nSPS) is 29.3. The minimum atomic E-state index is 0.840. The highest BCUT2D eigenvalue weighted by molar-refractivity contribution is 5.53. The predicted molar refractivity (Wildman–Crippen MR) is 84.2 cm³/mol. The van der Waals surface area contributed by atoms with Crippen LogP contribution in [-0.2, 0) is 6.54 Å². The van der Waals surface area contributed by atoms with Crippen LogP contribution in [0.1, 0.15) is 31.2 Å². The molecule has 2 unspecified atom stereocenters. The Labute approximate surface area is 126 Å². The fourth-order valence-electron chi connectivity index (χ4n) is 4.23. The number of aromatic nitrogens is 2. The maximum absolute atomic E-state index is 4.40. The van der Waals surface area contributed by atoms with Gasteiger partial charge < -0.3 is 10.2 Å². The molecule has 0 saturated carbocycles. The first-order valence-electron chi connectivity index (χ1n) is 8.15. The number of hydrogen-bond acceptors (Lipinski definition) is 3. The summed E-state index contributed by atoms with van der Waals surface area (Å²) in [5.74, 6) is 0.848. The Balaban J connectivity index is 1.34. The first-order valence-corrected chi connectivity index (χ1v) is 8.15. The molecule has 2 aliphatic heterocycles. The van der Waals surface area contributed by atoms with E-state index in [-0.39, 0.29) is 0 Å². The average molecular weight is 284 g/mol. The van der Waals surface area contributed by atoms with Gasteiger partial charge in [-0.05, 0) is 57.3 Å². The van der Waals surface area contributed by atoms with Crippen LogP contribution in [0.2, 0.25) is 0 Å². The topological polar surface area (TPSA) is 32.6 Å². The van der Waals surface area contributed by atoms with Crippen LogP contribution >= 0.6 is 0 Å². The van der Waals surface area contributed by atoms with Crippen LogP contribution in [0, 0.1) is 5.92 Å². The van der Waals surface area contributed by atoms with Gasteiger partial charge in [-0.2, -0.15) is 5.10 Å². The van der Waals surface area contributed by atoms with Gasteiger partial charge in [0.1, 0.15) is 0 Å². The Morgan fingerprint density at radius 1 is 1.24 bits per heavy atom.